The normalized spacial score (nSPS) is 22.5. The maximum absolute atomic E-state index is 11.6. The second-order valence-corrected chi connectivity index (χ2v) is 3.31. The summed E-state index contributed by atoms with van der Waals surface area (Å²) in [7, 11) is 0. The number of nitrogens with two attached hydrogens (primary N) is 1. The maximum Gasteiger partial charge on any atom is 0.325 e. The van der Waals surface area contributed by atoms with Gasteiger partial charge in [-0.2, -0.15) is 0 Å². The van der Waals surface area contributed by atoms with Crippen LogP contribution in [-0.2, 0) is 9.59 Å². The summed E-state index contributed by atoms with van der Waals surface area (Å²) < 4.78 is 0. The molecule has 0 bridgehead atoms. The van der Waals surface area contributed by atoms with Crippen LogP contribution in [0.5, 0.6) is 0 Å². The molecule has 0 saturated carbocycles. The average Bonchev–Trinajstić information content (AvgIpc) is 2.42. The van der Waals surface area contributed by atoms with Gasteiger partial charge in [-0.3, -0.25) is 14.5 Å². The van der Waals surface area contributed by atoms with Crippen LogP contribution in [0.2, 0.25) is 0 Å². The first-order chi connectivity index (χ1) is 6.99. The first-order valence-electron chi connectivity index (χ1n) is 4.52. The molecule has 0 spiro atoms. The Balaban J connectivity index is 2.83. The van der Waals surface area contributed by atoms with Crippen molar-refractivity contribution in [2.75, 3.05) is 0 Å². The standard InChI is InChI=1S/C9H13N3O3/c1-3-4-6-8(14)12(9(15)11-6)5(2)7(10)13/h3,5-6H,1,4H2,2H3,(H2,10,13)(H,11,15). The van der Waals surface area contributed by atoms with Gasteiger partial charge in [0.05, 0.1) is 0 Å². The van der Waals surface area contributed by atoms with E-state index < -0.39 is 29.9 Å². The van der Waals surface area contributed by atoms with Crippen molar-refractivity contribution < 1.29 is 14.4 Å². The first-order valence-corrected chi connectivity index (χ1v) is 4.52. The van der Waals surface area contributed by atoms with Crippen molar-refractivity contribution in [1.29, 1.82) is 0 Å². The van der Waals surface area contributed by atoms with Crippen LogP contribution in [0.25, 0.3) is 0 Å². The number of primary amides is 1. The Morgan fingerprint density at radius 2 is 2.33 bits per heavy atom. The molecule has 1 aliphatic heterocycles. The molecule has 1 heterocycles. The van der Waals surface area contributed by atoms with Gasteiger partial charge in [-0.05, 0) is 13.3 Å². The summed E-state index contributed by atoms with van der Waals surface area (Å²) in [4.78, 5) is 34.7. The van der Waals surface area contributed by atoms with Crippen LogP contribution in [-0.4, -0.2) is 34.8 Å². The Morgan fingerprint density at radius 1 is 1.73 bits per heavy atom. The van der Waals surface area contributed by atoms with Crippen LogP contribution in [0.15, 0.2) is 12.7 Å². The van der Waals surface area contributed by atoms with Crippen LogP contribution in [0.1, 0.15) is 13.3 Å². The lowest BCUT2D eigenvalue weighted by Gasteiger charge is -2.17. The molecule has 3 N–H and O–H groups in total. The third-order valence-corrected chi connectivity index (χ3v) is 2.25. The number of hydrogen-bond donors (Lipinski definition) is 2. The number of nitrogens with one attached hydrogen (secondary N) is 1. The van der Waals surface area contributed by atoms with E-state index >= 15 is 0 Å². The molecule has 4 amide bonds. The summed E-state index contributed by atoms with van der Waals surface area (Å²) in [5, 5.41) is 2.45. The van der Waals surface area contributed by atoms with Gasteiger partial charge in [0, 0.05) is 0 Å². The van der Waals surface area contributed by atoms with E-state index in [9.17, 15) is 14.4 Å². The Kier molecular flexibility index (Phi) is 3.08. The molecule has 15 heavy (non-hydrogen) atoms. The number of carbonyl (C=O) groups is 3. The number of urea groups is 1. The van der Waals surface area contributed by atoms with E-state index in [4.69, 9.17) is 5.73 Å². The van der Waals surface area contributed by atoms with E-state index in [1.165, 1.54) is 13.0 Å². The van der Waals surface area contributed by atoms with Crippen molar-refractivity contribution in [3.63, 3.8) is 0 Å². The second-order valence-electron chi connectivity index (χ2n) is 3.31. The third kappa shape index (κ3) is 1.98. The summed E-state index contributed by atoms with van der Waals surface area (Å²) in [6.45, 7) is 4.89. The van der Waals surface area contributed by atoms with E-state index in [2.05, 4.69) is 11.9 Å². The van der Waals surface area contributed by atoms with Crippen LogP contribution in [0.4, 0.5) is 4.79 Å². The molecule has 2 unspecified atom stereocenters. The van der Waals surface area contributed by atoms with Gasteiger partial charge in [0.2, 0.25) is 5.91 Å². The predicted octanol–water partition coefficient (Wildman–Crippen LogP) is -0.643. The number of amides is 4. The number of nitrogens with zero attached hydrogens (tertiary/aromatic N) is 1. The topological polar surface area (TPSA) is 92.5 Å². The van der Waals surface area contributed by atoms with Gasteiger partial charge in [0.1, 0.15) is 12.1 Å². The highest BCUT2D eigenvalue weighted by molar-refractivity contribution is 6.07. The Labute approximate surface area is 87.1 Å². The molecule has 0 aromatic heterocycles. The largest absolute Gasteiger partial charge is 0.368 e. The zero-order valence-corrected chi connectivity index (χ0v) is 8.40. The summed E-state index contributed by atoms with van der Waals surface area (Å²) in [6, 6.07) is -2.14. The fraction of sp³-hybridized carbons (Fsp3) is 0.444. The van der Waals surface area contributed by atoms with Crippen LogP contribution < -0.4 is 11.1 Å². The summed E-state index contributed by atoms with van der Waals surface area (Å²) in [5.41, 5.74) is 5.03. The highest BCUT2D eigenvalue weighted by Crippen LogP contribution is 2.12. The van der Waals surface area contributed by atoms with Crippen LogP contribution >= 0.6 is 0 Å². The van der Waals surface area contributed by atoms with Crippen molar-refractivity contribution in [3.05, 3.63) is 12.7 Å². The van der Waals surface area contributed by atoms with E-state index in [1.54, 1.807) is 0 Å². The van der Waals surface area contributed by atoms with Crippen LogP contribution in [0, 0.1) is 0 Å². The molecule has 2 atom stereocenters. The highest BCUT2D eigenvalue weighted by Gasteiger charge is 2.41. The van der Waals surface area contributed by atoms with Gasteiger partial charge < -0.3 is 11.1 Å². The highest BCUT2D eigenvalue weighted by atomic mass is 16.2. The molecule has 0 aromatic rings. The van der Waals surface area contributed by atoms with E-state index in [0.717, 1.165) is 4.90 Å². The fourth-order valence-electron chi connectivity index (χ4n) is 1.37. The molecule has 6 heteroatoms. The van der Waals surface area contributed by atoms with Gasteiger partial charge in [0.15, 0.2) is 0 Å². The number of imide groups is 1. The van der Waals surface area contributed by atoms with Gasteiger partial charge in [0.25, 0.3) is 5.91 Å². The monoisotopic (exact) mass is 211 g/mol. The van der Waals surface area contributed by atoms with Crippen molar-refractivity contribution in [2.45, 2.75) is 25.4 Å². The molecule has 0 aliphatic carbocycles. The third-order valence-electron chi connectivity index (χ3n) is 2.25. The molecule has 0 radical (unpaired) electrons. The van der Waals surface area contributed by atoms with Gasteiger partial charge >= 0.3 is 6.03 Å². The molecule has 1 saturated heterocycles. The first kappa shape index (κ1) is 11.2. The molecule has 82 valence electrons. The van der Waals surface area contributed by atoms with Crippen molar-refractivity contribution in [2.24, 2.45) is 5.73 Å². The minimum atomic E-state index is -0.924. The molecular weight excluding hydrogens is 198 g/mol. The van der Waals surface area contributed by atoms with E-state index in [-0.39, 0.29) is 0 Å². The van der Waals surface area contributed by atoms with Crippen molar-refractivity contribution >= 4 is 17.8 Å². The lowest BCUT2D eigenvalue weighted by molar-refractivity contribution is -0.134. The molecule has 6 nitrogen and oxygen atoms in total. The minimum Gasteiger partial charge on any atom is -0.368 e. The number of rotatable bonds is 4. The number of hydrogen-bond acceptors (Lipinski definition) is 3. The maximum atomic E-state index is 11.6. The zero-order chi connectivity index (χ0) is 11.6. The number of carbonyl (C=O) groups excluding carboxylic acids is 3. The zero-order valence-electron chi connectivity index (χ0n) is 8.40. The molecular formula is C9H13N3O3. The van der Waals surface area contributed by atoms with Crippen molar-refractivity contribution in [3.8, 4) is 0 Å². The molecule has 1 rings (SSSR count). The van der Waals surface area contributed by atoms with Gasteiger partial charge in [-0.1, -0.05) is 6.08 Å². The minimum absolute atomic E-state index is 0.340. The summed E-state index contributed by atoms with van der Waals surface area (Å²) in [5.74, 6) is -1.15. The predicted molar refractivity (Wildman–Crippen MR) is 52.6 cm³/mol. The smallest absolute Gasteiger partial charge is 0.325 e. The Bertz CT molecular complexity index is 327. The molecule has 1 fully saturated rings. The van der Waals surface area contributed by atoms with Gasteiger partial charge in [-0.25, -0.2) is 4.79 Å². The summed E-state index contributed by atoms with van der Waals surface area (Å²) in [6.07, 6.45) is 1.87. The van der Waals surface area contributed by atoms with E-state index in [1.807, 2.05) is 0 Å². The van der Waals surface area contributed by atoms with Crippen molar-refractivity contribution in [1.82, 2.24) is 10.2 Å². The average molecular weight is 211 g/mol. The van der Waals surface area contributed by atoms with Crippen LogP contribution in [0.3, 0.4) is 0 Å². The SMILES string of the molecule is C=CCC1NC(=O)N(C(C)C(N)=O)C1=O. The second kappa shape index (κ2) is 4.12. The Morgan fingerprint density at radius 3 is 2.80 bits per heavy atom. The Hall–Kier alpha value is -1.85. The van der Waals surface area contributed by atoms with E-state index in [0.29, 0.717) is 6.42 Å². The lowest BCUT2D eigenvalue weighted by Crippen LogP contribution is -2.46. The van der Waals surface area contributed by atoms with Gasteiger partial charge in [-0.15, -0.1) is 6.58 Å². The quantitative estimate of drug-likeness (QED) is 0.478. The fourth-order valence-corrected chi connectivity index (χ4v) is 1.37. The molecule has 1 aliphatic rings. The molecule has 0 aromatic carbocycles. The lowest BCUT2D eigenvalue weighted by atomic mass is 10.2. The summed E-state index contributed by atoms with van der Waals surface area (Å²) >= 11 is 0.